The first-order valence-corrected chi connectivity index (χ1v) is 5.60. The van der Waals surface area contributed by atoms with Crippen LogP contribution in [-0.4, -0.2) is 14.7 Å². The highest BCUT2D eigenvalue weighted by atomic mass is 32.1. The minimum atomic E-state index is 0.0673. The Balaban J connectivity index is 1.99. The lowest BCUT2D eigenvalue weighted by molar-refractivity contribution is 0.257. The highest BCUT2D eigenvalue weighted by molar-refractivity contribution is 7.71. The third kappa shape index (κ3) is 1.91. The predicted molar refractivity (Wildman–Crippen MR) is 57.5 cm³/mol. The molecular weight excluding hydrogens is 196 g/mol. The lowest BCUT2D eigenvalue weighted by Crippen LogP contribution is -2.14. The maximum Gasteiger partial charge on any atom is 0.177 e. The van der Waals surface area contributed by atoms with Crippen molar-refractivity contribution < 1.29 is 5.11 Å². The number of imidazole rings is 1. The second-order valence-electron chi connectivity index (χ2n) is 3.98. The topological polar surface area (TPSA) is 40.9 Å². The van der Waals surface area contributed by atoms with E-state index < -0.39 is 0 Å². The minimum absolute atomic E-state index is 0.0673. The third-order valence-electron chi connectivity index (χ3n) is 3.10. The van der Waals surface area contributed by atoms with Gasteiger partial charge in [-0.05, 0) is 24.6 Å². The number of aromatic amines is 1. The van der Waals surface area contributed by atoms with E-state index in [1.165, 1.54) is 25.7 Å². The van der Waals surface area contributed by atoms with Crippen LogP contribution >= 0.6 is 12.2 Å². The summed E-state index contributed by atoms with van der Waals surface area (Å²) in [7, 11) is 0. The number of aliphatic hydroxyl groups is 1. The fraction of sp³-hybridized carbons (Fsp3) is 0.700. The SMILES string of the molecule is OCc1c[nH]c(=S)n1CCC1CCC1. The van der Waals surface area contributed by atoms with Crippen LogP contribution < -0.4 is 0 Å². The first kappa shape index (κ1) is 9.93. The average molecular weight is 212 g/mol. The number of rotatable bonds is 4. The standard InChI is InChI=1S/C10H16N2OS/c13-7-9-6-11-10(14)12(9)5-4-8-2-1-3-8/h6,8,13H,1-5,7H2,(H,11,14). The number of nitrogens with one attached hydrogen (secondary N) is 1. The van der Waals surface area contributed by atoms with Gasteiger partial charge in [-0.3, -0.25) is 0 Å². The Morgan fingerprint density at radius 3 is 2.93 bits per heavy atom. The van der Waals surface area contributed by atoms with Gasteiger partial charge in [0.05, 0.1) is 12.3 Å². The molecule has 0 bridgehead atoms. The monoisotopic (exact) mass is 212 g/mol. The maximum atomic E-state index is 9.08. The van der Waals surface area contributed by atoms with E-state index in [2.05, 4.69) is 4.98 Å². The van der Waals surface area contributed by atoms with Crippen LogP contribution in [0.25, 0.3) is 0 Å². The first-order valence-electron chi connectivity index (χ1n) is 5.19. The Bertz CT molecular complexity index is 351. The molecule has 0 amide bonds. The summed E-state index contributed by atoms with van der Waals surface area (Å²) in [6.07, 6.45) is 7.11. The van der Waals surface area contributed by atoms with Gasteiger partial charge in [0.1, 0.15) is 0 Å². The summed E-state index contributed by atoms with van der Waals surface area (Å²) in [5.41, 5.74) is 0.898. The maximum absolute atomic E-state index is 9.08. The second-order valence-corrected chi connectivity index (χ2v) is 4.37. The number of hydrogen-bond acceptors (Lipinski definition) is 2. The molecule has 1 fully saturated rings. The van der Waals surface area contributed by atoms with Gasteiger partial charge in [-0.25, -0.2) is 0 Å². The summed E-state index contributed by atoms with van der Waals surface area (Å²) in [5.74, 6) is 0.887. The van der Waals surface area contributed by atoms with Crippen molar-refractivity contribution in [3.05, 3.63) is 16.7 Å². The van der Waals surface area contributed by atoms with Crippen molar-refractivity contribution in [2.24, 2.45) is 5.92 Å². The molecular formula is C10H16N2OS. The number of nitrogens with zero attached hydrogens (tertiary/aromatic N) is 1. The molecule has 1 aliphatic carbocycles. The molecule has 1 heterocycles. The Hall–Kier alpha value is -0.610. The summed E-state index contributed by atoms with van der Waals surface area (Å²) >= 11 is 5.14. The van der Waals surface area contributed by atoms with Crippen LogP contribution in [0.4, 0.5) is 0 Å². The van der Waals surface area contributed by atoms with Crippen molar-refractivity contribution >= 4 is 12.2 Å². The molecule has 0 atom stereocenters. The molecule has 1 aromatic heterocycles. The van der Waals surface area contributed by atoms with Crippen LogP contribution in [0, 0.1) is 10.7 Å². The van der Waals surface area contributed by atoms with Crippen molar-refractivity contribution in [3.8, 4) is 0 Å². The molecule has 1 saturated carbocycles. The zero-order valence-corrected chi connectivity index (χ0v) is 9.02. The normalized spacial score (nSPS) is 16.9. The molecule has 0 spiro atoms. The summed E-state index contributed by atoms with van der Waals surface area (Å²) in [6, 6.07) is 0. The van der Waals surface area contributed by atoms with Gasteiger partial charge in [0.25, 0.3) is 0 Å². The van der Waals surface area contributed by atoms with Gasteiger partial charge in [-0.2, -0.15) is 0 Å². The summed E-state index contributed by atoms with van der Waals surface area (Å²) < 4.78 is 2.74. The molecule has 14 heavy (non-hydrogen) atoms. The van der Waals surface area contributed by atoms with Crippen molar-refractivity contribution in [2.45, 2.75) is 38.8 Å². The third-order valence-corrected chi connectivity index (χ3v) is 3.44. The van der Waals surface area contributed by atoms with Gasteiger partial charge < -0.3 is 14.7 Å². The summed E-state index contributed by atoms with van der Waals surface area (Å²) in [6.45, 7) is 1.01. The van der Waals surface area contributed by atoms with E-state index in [1.54, 1.807) is 6.20 Å². The van der Waals surface area contributed by atoms with Crippen LogP contribution in [0.2, 0.25) is 0 Å². The number of hydrogen-bond donors (Lipinski definition) is 2. The van der Waals surface area contributed by atoms with Crippen molar-refractivity contribution in [2.75, 3.05) is 0 Å². The lowest BCUT2D eigenvalue weighted by Gasteiger charge is -2.25. The van der Waals surface area contributed by atoms with E-state index in [0.29, 0.717) is 0 Å². The van der Waals surface area contributed by atoms with Crippen LogP contribution in [0.3, 0.4) is 0 Å². The average Bonchev–Trinajstić information content (AvgIpc) is 2.45. The van der Waals surface area contributed by atoms with Gasteiger partial charge in [-0.15, -0.1) is 0 Å². The van der Waals surface area contributed by atoms with Crippen LogP contribution in [0.15, 0.2) is 6.20 Å². The van der Waals surface area contributed by atoms with Crippen LogP contribution in [-0.2, 0) is 13.2 Å². The van der Waals surface area contributed by atoms with E-state index in [9.17, 15) is 0 Å². The van der Waals surface area contributed by atoms with Crippen LogP contribution in [0.5, 0.6) is 0 Å². The van der Waals surface area contributed by atoms with Crippen LogP contribution in [0.1, 0.15) is 31.4 Å². The molecule has 1 aliphatic rings. The van der Waals surface area contributed by atoms with Crippen molar-refractivity contribution in [3.63, 3.8) is 0 Å². The van der Waals surface area contributed by atoms with Gasteiger partial charge in [-0.1, -0.05) is 19.3 Å². The smallest absolute Gasteiger partial charge is 0.177 e. The van der Waals surface area contributed by atoms with Gasteiger partial charge in [0, 0.05) is 12.7 Å². The molecule has 3 nitrogen and oxygen atoms in total. The fourth-order valence-electron chi connectivity index (χ4n) is 1.90. The Morgan fingerprint density at radius 1 is 1.57 bits per heavy atom. The van der Waals surface area contributed by atoms with E-state index in [-0.39, 0.29) is 6.61 Å². The van der Waals surface area contributed by atoms with E-state index in [1.807, 2.05) is 4.57 Å². The Morgan fingerprint density at radius 2 is 2.36 bits per heavy atom. The largest absolute Gasteiger partial charge is 0.390 e. The number of H-pyrrole nitrogens is 1. The zero-order chi connectivity index (χ0) is 9.97. The molecule has 2 N–H and O–H groups in total. The second kappa shape index (κ2) is 4.28. The minimum Gasteiger partial charge on any atom is -0.390 e. The van der Waals surface area contributed by atoms with Gasteiger partial charge in [0.2, 0.25) is 0 Å². The van der Waals surface area contributed by atoms with Crippen molar-refractivity contribution in [1.29, 1.82) is 0 Å². The molecule has 1 aromatic rings. The molecule has 0 aliphatic heterocycles. The molecule has 0 radical (unpaired) electrons. The molecule has 2 rings (SSSR count). The highest BCUT2D eigenvalue weighted by Crippen LogP contribution is 2.29. The molecule has 0 aromatic carbocycles. The molecule has 0 unspecified atom stereocenters. The van der Waals surface area contributed by atoms with E-state index in [0.717, 1.165) is 22.9 Å². The van der Waals surface area contributed by atoms with Crippen molar-refractivity contribution in [1.82, 2.24) is 9.55 Å². The Kier molecular flexibility index (Phi) is 3.03. The molecule has 0 saturated heterocycles. The summed E-state index contributed by atoms with van der Waals surface area (Å²) in [4.78, 5) is 2.97. The summed E-state index contributed by atoms with van der Waals surface area (Å²) in [5, 5.41) is 9.08. The first-order chi connectivity index (χ1) is 6.81. The van der Waals surface area contributed by atoms with Gasteiger partial charge in [0.15, 0.2) is 4.77 Å². The quantitative estimate of drug-likeness (QED) is 0.751. The van der Waals surface area contributed by atoms with E-state index in [4.69, 9.17) is 17.3 Å². The number of aliphatic hydroxyl groups excluding tert-OH is 1. The predicted octanol–water partition coefficient (Wildman–Crippen LogP) is 2.23. The highest BCUT2D eigenvalue weighted by Gasteiger charge is 2.17. The van der Waals surface area contributed by atoms with E-state index >= 15 is 0 Å². The Labute approximate surface area is 88.8 Å². The zero-order valence-electron chi connectivity index (χ0n) is 8.20. The molecule has 78 valence electrons. The molecule has 4 heteroatoms. The van der Waals surface area contributed by atoms with Gasteiger partial charge >= 0.3 is 0 Å². The number of aromatic nitrogens is 2. The lowest BCUT2D eigenvalue weighted by atomic mass is 9.83. The fourth-order valence-corrected chi connectivity index (χ4v) is 2.17.